The maximum absolute atomic E-state index is 12.5. The Labute approximate surface area is 208 Å². The van der Waals surface area contributed by atoms with Crippen LogP contribution in [-0.2, 0) is 16.2 Å². The summed E-state index contributed by atoms with van der Waals surface area (Å²) in [4.78, 5) is 34.7. The number of carboxylic acid groups (broad SMARTS) is 1. The molecule has 0 spiro atoms. The van der Waals surface area contributed by atoms with E-state index in [1.54, 1.807) is 24.3 Å². The Morgan fingerprint density at radius 1 is 0.833 bits per heavy atom. The first kappa shape index (κ1) is 24.5. The molecule has 0 aromatic heterocycles. The highest BCUT2D eigenvalue weighted by molar-refractivity contribution is 5.97. The number of carbonyl (C=O) groups excluding carboxylic acids is 2. The van der Waals surface area contributed by atoms with Gasteiger partial charge >= 0.3 is 5.97 Å². The summed E-state index contributed by atoms with van der Waals surface area (Å²) in [7, 11) is 0. The van der Waals surface area contributed by atoms with Gasteiger partial charge in [-0.05, 0) is 64.2 Å². The maximum atomic E-state index is 12.5. The van der Waals surface area contributed by atoms with Crippen molar-refractivity contribution in [2.75, 3.05) is 0 Å². The molecule has 0 bridgehead atoms. The highest BCUT2D eigenvalue weighted by Gasteiger charge is 2.21. The second-order valence-corrected chi connectivity index (χ2v) is 8.44. The number of ether oxygens (including phenoxy) is 1. The Bertz CT molecular complexity index is 1380. The zero-order valence-electron chi connectivity index (χ0n) is 19.5. The van der Waals surface area contributed by atoms with Crippen LogP contribution in [0, 0.1) is 0 Å². The van der Waals surface area contributed by atoms with Gasteiger partial charge in [0.05, 0.1) is 0 Å². The summed E-state index contributed by atoms with van der Waals surface area (Å²) in [6.45, 7) is 0.463. The molecule has 0 aliphatic heterocycles. The standard InChI is InChI=1S/C29H26N2O5/c30-27(32)16-15-26(29(34)35)31-28(33)23-9-7-21(8-10-23)22-11-13-25(14-12-22)36-18-19-5-6-20-3-1-2-4-24(20)17-19/h1-14,17,26H,15-16,18H2,(H2,30,32)(H,31,33)(H,34,35)/t26-/m0/s1. The molecule has 4 N–H and O–H groups in total. The second-order valence-electron chi connectivity index (χ2n) is 8.44. The monoisotopic (exact) mass is 482 g/mol. The fraction of sp³-hybridized carbons (Fsp3) is 0.138. The number of carboxylic acids is 1. The van der Waals surface area contributed by atoms with E-state index in [2.05, 4.69) is 35.6 Å². The molecule has 7 heteroatoms. The lowest BCUT2D eigenvalue weighted by molar-refractivity contribution is -0.139. The molecule has 0 saturated carbocycles. The van der Waals surface area contributed by atoms with Crippen molar-refractivity contribution in [2.45, 2.75) is 25.5 Å². The molecule has 182 valence electrons. The lowest BCUT2D eigenvalue weighted by Crippen LogP contribution is -2.41. The molecule has 4 aromatic carbocycles. The van der Waals surface area contributed by atoms with E-state index in [0.717, 1.165) is 22.4 Å². The summed E-state index contributed by atoms with van der Waals surface area (Å²) >= 11 is 0. The minimum atomic E-state index is -1.22. The van der Waals surface area contributed by atoms with Crippen molar-refractivity contribution in [1.29, 1.82) is 0 Å². The predicted octanol–water partition coefficient (Wildman–Crippen LogP) is 4.53. The van der Waals surface area contributed by atoms with E-state index in [1.165, 1.54) is 10.8 Å². The van der Waals surface area contributed by atoms with E-state index in [-0.39, 0.29) is 12.8 Å². The van der Waals surface area contributed by atoms with Gasteiger partial charge in [-0.25, -0.2) is 4.79 Å². The van der Waals surface area contributed by atoms with Crippen molar-refractivity contribution in [1.82, 2.24) is 5.32 Å². The SMILES string of the molecule is NC(=O)CC[C@H](NC(=O)c1ccc(-c2ccc(OCc3ccc4ccccc4c3)cc2)cc1)C(=O)O. The molecule has 36 heavy (non-hydrogen) atoms. The fourth-order valence-electron chi connectivity index (χ4n) is 3.84. The molecular weight excluding hydrogens is 456 g/mol. The quantitative estimate of drug-likeness (QED) is 0.307. The third-order valence-electron chi connectivity index (χ3n) is 5.84. The Morgan fingerprint density at radius 2 is 1.47 bits per heavy atom. The highest BCUT2D eigenvalue weighted by atomic mass is 16.5. The number of aliphatic carboxylic acids is 1. The first-order valence-electron chi connectivity index (χ1n) is 11.5. The van der Waals surface area contributed by atoms with Crippen LogP contribution in [0.4, 0.5) is 0 Å². The van der Waals surface area contributed by atoms with Crippen molar-refractivity contribution in [3.05, 3.63) is 102 Å². The van der Waals surface area contributed by atoms with Crippen LogP contribution in [0.1, 0.15) is 28.8 Å². The van der Waals surface area contributed by atoms with Crippen LogP contribution >= 0.6 is 0 Å². The Hall–Kier alpha value is -4.65. The summed E-state index contributed by atoms with van der Waals surface area (Å²) in [5.41, 5.74) is 8.33. The smallest absolute Gasteiger partial charge is 0.326 e. The summed E-state index contributed by atoms with van der Waals surface area (Å²) < 4.78 is 5.94. The minimum absolute atomic E-state index is 0.0657. The molecule has 0 radical (unpaired) electrons. The van der Waals surface area contributed by atoms with Gasteiger partial charge in [0.1, 0.15) is 18.4 Å². The van der Waals surface area contributed by atoms with Crippen LogP contribution in [0.2, 0.25) is 0 Å². The number of benzene rings is 4. The first-order chi connectivity index (χ1) is 17.4. The zero-order valence-corrected chi connectivity index (χ0v) is 19.5. The Morgan fingerprint density at radius 3 is 2.11 bits per heavy atom. The van der Waals surface area contributed by atoms with Crippen molar-refractivity contribution in [3.63, 3.8) is 0 Å². The van der Waals surface area contributed by atoms with Gasteiger partial charge < -0.3 is 20.9 Å². The van der Waals surface area contributed by atoms with Gasteiger partial charge in [-0.2, -0.15) is 0 Å². The molecule has 0 fully saturated rings. The number of primary amides is 1. The van der Waals surface area contributed by atoms with E-state index < -0.39 is 23.8 Å². The Kier molecular flexibility index (Phi) is 7.60. The van der Waals surface area contributed by atoms with E-state index in [1.807, 2.05) is 36.4 Å². The van der Waals surface area contributed by atoms with E-state index in [4.69, 9.17) is 10.5 Å². The largest absolute Gasteiger partial charge is 0.489 e. The van der Waals surface area contributed by atoms with Crippen LogP contribution in [0.15, 0.2) is 91.0 Å². The van der Waals surface area contributed by atoms with Gasteiger partial charge in [0, 0.05) is 12.0 Å². The summed E-state index contributed by atoms with van der Waals surface area (Å²) in [6, 6.07) is 27.8. The number of amides is 2. The van der Waals surface area contributed by atoms with E-state index in [9.17, 15) is 19.5 Å². The van der Waals surface area contributed by atoms with Crippen LogP contribution in [0.3, 0.4) is 0 Å². The summed E-state index contributed by atoms with van der Waals surface area (Å²) in [6.07, 6.45) is -0.193. The van der Waals surface area contributed by atoms with E-state index in [0.29, 0.717) is 12.2 Å². The first-order valence-corrected chi connectivity index (χ1v) is 11.5. The van der Waals surface area contributed by atoms with Crippen molar-refractivity contribution in [2.24, 2.45) is 5.73 Å². The highest BCUT2D eigenvalue weighted by Crippen LogP contribution is 2.24. The van der Waals surface area contributed by atoms with Crippen LogP contribution in [0.25, 0.3) is 21.9 Å². The van der Waals surface area contributed by atoms with Gasteiger partial charge in [0.2, 0.25) is 5.91 Å². The molecular formula is C29H26N2O5. The van der Waals surface area contributed by atoms with Gasteiger partial charge in [-0.1, -0.05) is 60.7 Å². The number of hydrogen-bond donors (Lipinski definition) is 3. The third kappa shape index (κ3) is 6.27. The normalized spacial score (nSPS) is 11.6. The average molecular weight is 483 g/mol. The number of fused-ring (bicyclic) bond motifs is 1. The maximum Gasteiger partial charge on any atom is 0.326 e. The van der Waals surface area contributed by atoms with Gasteiger partial charge in [-0.15, -0.1) is 0 Å². The number of hydrogen-bond acceptors (Lipinski definition) is 4. The third-order valence-corrected chi connectivity index (χ3v) is 5.84. The van der Waals surface area contributed by atoms with Crippen molar-refractivity contribution < 1.29 is 24.2 Å². The van der Waals surface area contributed by atoms with Gasteiger partial charge in [0.15, 0.2) is 0 Å². The molecule has 0 heterocycles. The molecule has 0 aliphatic rings. The number of rotatable bonds is 10. The Balaban J connectivity index is 1.35. The topological polar surface area (TPSA) is 119 Å². The average Bonchev–Trinajstić information content (AvgIpc) is 2.89. The number of carbonyl (C=O) groups is 3. The van der Waals surface area contributed by atoms with Gasteiger partial charge in [0.25, 0.3) is 5.91 Å². The van der Waals surface area contributed by atoms with Crippen molar-refractivity contribution >= 4 is 28.6 Å². The van der Waals surface area contributed by atoms with Crippen LogP contribution in [-0.4, -0.2) is 28.9 Å². The van der Waals surface area contributed by atoms with Crippen LogP contribution in [0.5, 0.6) is 5.75 Å². The molecule has 4 rings (SSSR count). The lowest BCUT2D eigenvalue weighted by atomic mass is 10.0. The molecule has 1 atom stereocenters. The minimum Gasteiger partial charge on any atom is -0.489 e. The summed E-state index contributed by atoms with van der Waals surface area (Å²) in [5.74, 6) is -1.62. The lowest BCUT2D eigenvalue weighted by Gasteiger charge is -2.14. The summed E-state index contributed by atoms with van der Waals surface area (Å²) in [5, 5.41) is 14.1. The predicted molar refractivity (Wildman–Crippen MR) is 137 cm³/mol. The second kappa shape index (κ2) is 11.2. The zero-order chi connectivity index (χ0) is 25.5. The fourth-order valence-corrected chi connectivity index (χ4v) is 3.84. The molecule has 0 aliphatic carbocycles. The molecule has 4 aromatic rings. The van der Waals surface area contributed by atoms with Gasteiger partial charge in [-0.3, -0.25) is 9.59 Å². The van der Waals surface area contributed by atoms with Crippen molar-refractivity contribution in [3.8, 4) is 16.9 Å². The molecule has 7 nitrogen and oxygen atoms in total. The number of nitrogens with one attached hydrogen (secondary N) is 1. The number of nitrogens with two attached hydrogens (primary N) is 1. The van der Waals surface area contributed by atoms with Crippen LogP contribution < -0.4 is 15.8 Å². The molecule has 0 saturated heterocycles. The van der Waals surface area contributed by atoms with E-state index >= 15 is 0 Å². The molecule has 2 amide bonds. The molecule has 0 unspecified atom stereocenters.